The molecule has 1 heterocycles. The van der Waals surface area contributed by atoms with Crippen molar-refractivity contribution in [2.24, 2.45) is 0 Å². The molecule has 0 spiro atoms. The number of pyridine rings is 1. The fourth-order valence-electron chi connectivity index (χ4n) is 1.90. The Morgan fingerprint density at radius 1 is 0.781 bits per heavy atom. The predicted molar refractivity (Wildman–Crippen MR) is 109 cm³/mol. The minimum Gasteiger partial charge on any atom is -0.545 e. The second-order valence-corrected chi connectivity index (χ2v) is 5.76. The number of aromatic nitrogens is 1. The molecule has 0 atom stereocenters. The van der Waals surface area contributed by atoms with E-state index in [1.54, 1.807) is 18.5 Å². The number of nitrogen functional groups attached to an aromatic ring is 2. The second-order valence-electron chi connectivity index (χ2n) is 5.76. The topological polar surface area (TPSA) is 230 Å². The normalized spacial score (nSPS) is 9.25. The summed E-state index contributed by atoms with van der Waals surface area (Å²) in [5, 5.41) is 38.9. The van der Waals surface area contributed by atoms with E-state index in [-0.39, 0.29) is 22.5 Å². The zero-order valence-corrected chi connectivity index (χ0v) is 16.2. The van der Waals surface area contributed by atoms with Crippen molar-refractivity contribution >= 4 is 34.7 Å². The minimum absolute atomic E-state index is 0.0422. The first-order valence-corrected chi connectivity index (χ1v) is 8.47. The molecule has 1 aromatic heterocycles. The zero-order chi connectivity index (χ0) is 24.3. The summed E-state index contributed by atoms with van der Waals surface area (Å²) in [5.74, 6) is -2.44. The van der Waals surface area contributed by atoms with E-state index in [1.807, 2.05) is 0 Å². The maximum absolute atomic E-state index is 10.3. The molecule has 32 heavy (non-hydrogen) atoms. The summed E-state index contributed by atoms with van der Waals surface area (Å²) in [6.07, 6.45) is 3.38. The number of nitrogens with one attached hydrogen (secondary N) is 1. The monoisotopic (exact) mass is 443 g/mol. The number of aromatic amines is 1. The Hall–Kier alpha value is -5.07. The van der Waals surface area contributed by atoms with Crippen LogP contribution in [0.1, 0.15) is 20.7 Å². The van der Waals surface area contributed by atoms with Crippen LogP contribution in [-0.4, -0.2) is 26.9 Å². The van der Waals surface area contributed by atoms with Crippen molar-refractivity contribution in [3.8, 4) is 0 Å². The lowest BCUT2D eigenvalue weighted by molar-refractivity contribution is -0.385. The number of non-ortho nitro benzene ring substituents is 2. The van der Waals surface area contributed by atoms with Gasteiger partial charge in [-0.05, 0) is 29.8 Å². The summed E-state index contributed by atoms with van der Waals surface area (Å²) < 4.78 is 0. The molecule has 13 heteroatoms. The molecule has 0 unspecified atom stereocenters. The van der Waals surface area contributed by atoms with E-state index < -0.39 is 21.8 Å². The van der Waals surface area contributed by atoms with E-state index in [2.05, 4.69) is 4.98 Å². The fraction of sp³-hybridized carbons (Fsp3) is 0. The van der Waals surface area contributed by atoms with Crippen LogP contribution in [0.4, 0.5) is 22.7 Å². The standard InChI is InChI=1S/2C7H5NO4.C5H7N3/c2*9-7(10)5-1-3-6(4-2-5)8(11)12;6-4-1-2-8-3-5(4)7/h2*1-4H,(H,9,10);1-3H,7H2,(H2,6,8). The molecule has 0 amide bonds. The number of nitrogens with two attached hydrogens (primary N) is 2. The Morgan fingerprint density at radius 3 is 1.50 bits per heavy atom. The summed E-state index contributed by atoms with van der Waals surface area (Å²) in [6, 6.07) is 10.9. The molecule has 3 rings (SSSR count). The van der Waals surface area contributed by atoms with Crippen LogP contribution in [0.5, 0.6) is 0 Å². The van der Waals surface area contributed by atoms with Gasteiger partial charge >= 0.3 is 5.97 Å². The van der Waals surface area contributed by atoms with Gasteiger partial charge in [0, 0.05) is 30.3 Å². The number of nitrogens with zero attached hydrogens (tertiary/aromatic N) is 2. The number of carboxylic acid groups (broad SMARTS) is 2. The van der Waals surface area contributed by atoms with Crippen LogP contribution in [-0.2, 0) is 0 Å². The SMILES string of the molecule is Nc1cc[nH+]cc1N.O=C(O)c1ccc([N+](=O)[O-])cc1.O=C([O-])c1ccc([N+](=O)[O-])cc1. The number of aromatic carboxylic acids is 2. The average Bonchev–Trinajstić information content (AvgIpc) is 2.76. The Morgan fingerprint density at radius 2 is 1.22 bits per heavy atom. The molecule has 6 N–H and O–H groups in total. The number of anilines is 2. The van der Waals surface area contributed by atoms with Crippen molar-refractivity contribution in [3.63, 3.8) is 0 Å². The summed E-state index contributed by atoms with van der Waals surface area (Å²) in [5.41, 5.74) is 11.7. The molecule has 0 aliphatic rings. The van der Waals surface area contributed by atoms with Crippen LogP contribution in [0.15, 0.2) is 67.0 Å². The van der Waals surface area contributed by atoms with E-state index >= 15 is 0 Å². The van der Waals surface area contributed by atoms with Crippen molar-refractivity contribution in [2.75, 3.05) is 11.5 Å². The highest BCUT2D eigenvalue weighted by Gasteiger charge is 2.07. The van der Waals surface area contributed by atoms with E-state index in [9.17, 15) is 34.9 Å². The molecule has 0 aliphatic carbocycles. The second kappa shape index (κ2) is 11.8. The number of carbonyl (C=O) groups is 2. The van der Waals surface area contributed by atoms with Gasteiger partial charge in [0.1, 0.15) is 5.69 Å². The first-order valence-electron chi connectivity index (χ1n) is 8.47. The predicted octanol–water partition coefficient (Wildman–Crippen LogP) is 0.916. The minimum atomic E-state index is -1.34. The number of carboxylic acids is 2. The van der Waals surface area contributed by atoms with Crippen LogP contribution >= 0.6 is 0 Å². The smallest absolute Gasteiger partial charge is 0.335 e. The van der Waals surface area contributed by atoms with Crippen molar-refractivity contribution in [2.45, 2.75) is 0 Å². The molecule has 0 saturated heterocycles. The van der Waals surface area contributed by atoms with Gasteiger partial charge in [0.15, 0.2) is 12.4 Å². The van der Waals surface area contributed by atoms with Crippen LogP contribution in [0.2, 0.25) is 0 Å². The first kappa shape index (κ1) is 25.0. The molecule has 0 aliphatic heterocycles. The van der Waals surface area contributed by atoms with Crippen molar-refractivity contribution in [1.29, 1.82) is 0 Å². The highest BCUT2D eigenvalue weighted by molar-refractivity contribution is 5.87. The van der Waals surface area contributed by atoms with Gasteiger partial charge in [-0.25, -0.2) is 9.78 Å². The van der Waals surface area contributed by atoms with Crippen molar-refractivity contribution in [1.82, 2.24) is 0 Å². The van der Waals surface area contributed by atoms with Gasteiger partial charge < -0.3 is 26.5 Å². The number of H-pyrrole nitrogens is 1. The maximum atomic E-state index is 10.3. The third kappa shape index (κ3) is 8.12. The number of hydrogen-bond donors (Lipinski definition) is 3. The van der Waals surface area contributed by atoms with Crippen LogP contribution in [0, 0.1) is 20.2 Å². The summed E-state index contributed by atoms with van der Waals surface area (Å²) in [4.78, 5) is 42.4. The lowest BCUT2D eigenvalue weighted by Gasteiger charge is -1.99. The Kier molecular flexibility index (Phi) is 9.22. The highest BCUT2D eigenvalue weighted by Crippen LogP contribution is 2.12. The summed E-state index contributed by atoms with van der Waals surface area (Å²) in [7, 11) is 0. The quantitative estimate of drug-likeness (QED) is 0.381. The molecular weight excluding hydrogens is 426 g/mol. The van der Waals surface area contributed by atoms with Gasteiger partial charge in [-0.3, -0.25) is 20.2 Å². The lowest BCUT2D eigenvalue weighted by Crippen LogP contribution is -2.21. The molecule has 13 nitrogen and oxygen atoms in total. The number of nitro groups is 2. The number of nitro benzene ring substituents is 2. The van der Waals surface area contributed by atoms with Gasteiger partial charge in [0.25, 0.3) is 11.4 Å². The summed E-state index contributed by atoms with van der Waals surface area (Å²) >= 11 is 0. The van der Waals surface area contributed by atoms with Gasteiger partial charge in [0.05, 0.1) is 27.1 Å². The zero-order valence-electron chi connectivity index (χ0n) is 16.2. The number of rotatable bonds is 4. The third-order valence-electron chi connectivity index (χ3n) is 3.57. The third-order valence-corrected chi connectivity index (χ3v) is 3.57. The lowest BCUT2D eigenvalue weighted by atomic mass is 10.2. The first-order chi connectivity index (χ1) is 15.0. The number of benzene rings is 2. The summed E-state index contributed by atoms with van der Waals surface area (Å²) in [6.45, 7) is 0. The van der Waals surface area contributed by atoms with Gasteiger partial charge in [-0.1, -0.05) is 0 Å². The van der Waals surface area contributed by atoms with Crippen LogP contribution < -0.4 is 21.6 Å². The highest BCUT2D eigenvalue weighted by atomic mass is 16.6. The molecule has 0 fully saturated rings. The van der Waals surface area contributed by atoms with Gasteiger partial charge in [-0.15, -0.1) is 0 Å². The van der Waals surface area contributed by atoms with E-state index in [1.165, 1.54) is 12.1 Å². The largest absolute Gasteiger partial charge is 0.545 e. The van der Waals surface area contributed by atoms with Gasteiger partial charge in [0.2, 0.25) is 0 Å². The molecule has 2 aromatic carbocycles. The number of hydrogen-bond acceptors (Lipinski definition) is 9. The molecule has 0 bridgehead atoms. The Labute approximate surface area is 179 Å². The van der Waals surface area contributed by atoms with Crippen molar-refractivity contribution in [3.05, 3.63) is 98.3 Å². The Bertz CT molecular complexity index is 947. The molecule has 166 valence electrons. The van der Waals surface area contributed by atoms with E-state index in [4.69, 9.17) is 16.6 Å². The number of carbonyl (C=O) groups excluding carboxylic acids is 1. The molecule has 0 radical (unpaired) electrons. The molecule has 3 aromatic rings. The maximum Gasteiger partial charge on any atom is 0.335 e. The molecule has 0 saturated carbocycles. The fourth-order valence-corrected chi connectivity index (χ4v) is 1.90. The van der Waals surface area contributed by atoms with Gasteiger partial charge in [-0.2, -0.15) is 0 Å². The van der Waals surface area contributed by atoms with Crippen molar-refractivity contribution < 1.29 is 34.6 Å². The van der Waals surface area contributed by atoms with Crippen LogP contribution in [0.25, 0.3) is 0 Å². The average molecular weight is 443 g/mol. The van der Waals surface area contributed by atoms with E-state index in [0.29, 0.717) is 11.4 Å². The van der Waals surface area contributed by atoms with Crippen LogP contribution in [0.3, 0.4) is 0 Å². The van der Waals surface area contributed by atoms with E-state index in [0.717, 1.165) is 36.4 Å². The molecular formula is C19H17N5O8. The Balaban J connectivity index is 0.000000245.